The summed E-state index contributed by atoms with van der Waals surface area (Å²) >= 11 is -0.503. The number of hydrogen-bond acceptors (Lipinski definition) is 3. The molecule has 1 rings (SSSR count). The third kappa shape index (κ3) is 3.24. The zero-order chi connectivity index (χ0) is 11.5. The standard InChI is InChI=1S/C8H11F2IN3O/c9-8(10)3-6(4-12)14(5-8)7(15)1-2-11-13/h6H,1-3,5,13H2/q-1/t6-/m0/s1. The van der Waals surface area contributed by atoms with Crippen molar-refractivity contribution in [3.8, 4) is 6.07 Å². The number of alkyl halides is 3. The molecule has 0 aromatic rings. The molecule has 0 saturated carbocycles. The summed E-state index contributed by atoms with van der Waals surface area (Å²) in [6, 6.07) is 0.747. The maximum atomic E-state index is 13.0. The Bertz CT molecular complexity index is 292. The molecule has 1 aliphatic rings. The molecule has 1 heterocycles. The normalized spacial score (nSPS) is 24.1. The van der Waals surface area contributed by atoms with Gasteiger partial charge in [-0.1, -0.05) is 0 Å². The Morgan fingerprint density at radius 1 is 1.73 bits per heavy atom. The number of halogens is 3. The Labute approximate surface area is 97.0 Å². The van der Waals surface area contributed by atoms with E-state index in [-0.39, 0.29) is 12.3 Å². The number of rotatable bonds is 3. The second-order valence-corrected chi connectivity index (χ2v) is 5.28. The van der Waals surface area contributed by atoms with E-state index in [4.69, 9.17) is 9.21 Å². The Kier molecular flexibility index (Phi) is 4.21. The summed E-state index contributed by atoms with van der Waals surface area (Å²) in [5.74, 6) is -3.31. The van der Waals surface area contributed by atoms with E-state index in [0.29, 0.717) is 4.43 Å². The number of nitrogens with two attached hydrogens (primary N) is 1. The third-order valence-corrected chi connectivity index (χ3v) is 3.32. The number of carbonyl (C=O) groups is 1. The molecule has 2 N–H and O–H groups in total. The van der Waals surface area contributed by atoms with Gasteiger partial charge in [0.1, 0.15) is 0 Å². The summed E-state index contributed by atoms with van der Waals surface area (Å²) in [6.07, 6.45) is -0.370. The van der Waals surface area contributed by atoms with Gasteiger partial charge in [0.05, 0.1) is 0 Å². The van der Waals surface area contributed by atoms with Crippen molar-refractivity contribution < 1.29 is 35.1 Å². The minimum absolute atomic E-state index is 0.179. The fraction of sp³-hybridized carbons (Fsp3) is 0.750. The fourth-order valence-electron chi connectivity index (χ4n) is 1.47. The average Bonchev–Trinajstić information content (AvgIpc) is 2.50. The first-order valence-corrected chi connectivity index (χ1v) is 7.12. The van der Waals surface area contributed by atoms with Crippen LogP contribution in [0.2, 0.25) is 0 Å². The molecule has 1 aliphatic heterocycles. The number of nitriles is 1. The average molecular weight is 330 g/mol. The fourth-order valence-corrected chi connectivity index (χ4v) is 2.25. The second kappa shape index (κ2) is 5.03. The van der Waals surface area contributed by atoms with E-state index in [9.17, 15) is 13.6 Å². The molecule has 0 radical (unpaired) electrons. The van der Waals surface area contributed by atoms with E-state index in [0.717, 1.165) is 4.90 Å². The van der Waals surface area contributed by atoms with Gasteiger partial charge in [0, 0.05) is 0 Å². The van der Waals surface area contributed by atoms with Gasteiger partial charge in [-0.15, -0.1) is 0 Å². The number of nitrogens with zero attached hydrogens (tertiary/aromatic N) is 2. The van der Waals surface area contributed by atoms with Crippen LogP contribution in [0.15, 0.2) is 0 Å². The van der Waals surface area contributed by atoms with Gasteiger partial charge in [0.15, 0.2) is 0 Å². The zero-order valence-corrected chi connectivity index (χ0v) is 10.1. The van der Waals surface area contributed by atoms with E-state index in [1.54, 1.807) is 6.07 Å². The molecule has 0 aromatic carbocycles. The molecule has 15 heavy (non-hydrogen) atoms. The van der Waals surface area contributed by atoms with Crippen LogP contribution in [0, 0.1) is 11.3 Å². The van der Waals surface area contributed by atoms with Gasteiger partial charge < -0.3 is 0 Å². The topological polar surface area (TPSA) is 70.1 Å². The van der Waals surface area contributed by atoms with Gasteiger partial charge in [-0.05, 0) is 0 Å². The molecule has 4 nitrogen and oxygen atoms in total. The number of hydrogen-bond donors (Lipinski definition) is 1. The number of carbonyl (C=O) groups excluding carboxylic acids is 1. The van der Waals surface area contributed by atoms with Crippen LogP contribution in [0.4, 0.5) is 8.78 Å². The maximum absolute atomic E-state index is 13.0. The van der Waals surface area contributed by atoms with Crippen LogP contribution < -0.4 is 25.4 Å². The first kappa shape index (κ1) is 12.6. The molecule has 86 valence electrons. The number of amides is 1. The molecule has 0 unspecified atom stereocenters. The van der Waals surface area contributed by atoms with E-state index in [1.165, 1.54) is 0 Å². The van der Waals surface area contributed by atoms with Crippen molar-refractivity contribution in [1.29, 1.82) is 5.26 Å². The Morgan fingerprint density at radius 2 is 2.40 bits per heavy atom. The molecule has 1 fully saturated rings. The first-order chi connectivity index (χ1) is 7.00. The monoisotopic (exact) mass is 330 g/mol. The van der Waals surface area contributed by atoms with Crippen molar-refractivity contribution in [2.75, 3.05) is 11.0 Å². The summed E-state index contributed by atoms with van der Waals surface area (Å²) in [5, 5.41) is 8.65. The van der Waals surface area contributed by atoms with Crippen molar-refractivity contribution in [1.82, 2.24) is 4.90 Å². The van der Waals surface area contributed by atoms with Crippen LogP contribution in [-0.4, -0.2) is 33.7 Å². The Hall–Kier alpha value is -0.490. The molecule has 0 spiro atoms. The molecular weight excluding hydrogens is 319 g/mol. The minimum atomic E-state index is -2.92. The Balaban J connectivity index is 2.61. The third-order valence-electron chi connectivity index (χ3n) is 2.16. The molecule has 0 bridgehead atoms. The molecule has 0 aliphatic carbocycles. The van der Waals surface area contributed by atoms with E-state index in [1.807, 2.05) is 0 Å². The summed E-state index contributed by atoms with van der Waals surface area (Å²) < 4.78 is 31.8. The first-order valence-electron chi connectivity index (χ1n) is 4.35. The van der Waals surface area contributed by atoms with Gasteiger partial charge in [-0.2, -0.15) is 0 Å². The van der Waals surface area contributed by atoms with Crippen molar-refractivity contribution in [3.63, 3.8) is 0 Å². The van der Waals surface area contributed by atoms with Crippen LogP contribution >= 0.6 is 0 Å². The van der Waals surface area contributed by atoms with Crippen LogP contribution in [-0.2, 0) is 4.79 Å². The zero-order valence-electron chi connectivity index (χ0n) is 7.92. The van der Waals surface area contributed by atoms with Gasteiger partial charge in [0.25, 0.3) is 0 Å². The van der Waals surface area contributed by atoms with Crippen molar-refractivity contribution >= 4 is 5.91 Å². The van der Waals surface area contributed by atoms with Crippen LogP contribution in [0.3, 0.4) is 0 Å². The summed E-state index contributed by atoms with van der Waals surface area (Å²) in [6.45, 7) is -0.632. The predicted octanol–water partition coefficient (Wildman–Crippen LogP) is -2.90. The van der Waals surface area contributed by atoms with Crippen molar-refractivity contribution in [2.24, 2.45) is 3.95 Å². The Morgan fingerprint density at radius 3 is 2.93 bits per heavy atom. The predicted molar refractivity (Wildman–Crippen MR) is 44.3 cm³/mol. The molecular formula is C8H11F2IN3O-. The van der Waals surface area contributed by atoms with E-state index in [2.05, 4.69) is 0 Å². The quantitative estimate of drug-likeness (QED) is 0.343. The van der Waals surface area contributed by atoms with Crippen LogP contribution in [0.25, 0.3) is 0 Å². The second-order valence-electron chi connectivity index (χ2n) is 3.32. The van der Waals surface area contributed by atoms with Gasteiger partial charge >= 0.3 is 96.9 Å². The summed E-state index contributed by atoms with van der Waals surface area (Å²) in [4.78, 5) is 12.4. The molecule has 1 amide bonds. The van der Waals surface area contributed by atoms with Gasteiger partial charge in [-0.3, -0.25) is 0 Å². The van der Waals surface area contributed by atoms with Gasteiger partial charge in [0.2, 0.25) is 0 Å². The van der Waals surface area contributed by atoms with Crippen molar-refractivity contribution in [2.45, 2.75) is 24.8 Å². The molecule has 1 atom stereocenters. The summed E-state index contributed by atoms with van der Waals surface area (Å²) in [7, 11) is 0. The van der Waals surface area contributed by atoms with Crippen molar-refractivity contribution in [3.05, 3.63) is 0 Å². The molecule has 0 aromatic heterocycles. The van der Waals surface area contributed by atoms with Crippen LogP contribution in [0.1, 0.15) is 12.8 Å². The SMILES string of the molecule is N#C[C@@H]1CC(F)(F)CN1C(=O)CC[I-]N. The molecule has 7 heteroatoms. The molecule has 1 saturated heterocycles. The van der Waals surface area contributed by atoms with E-state index < -0.39 is 46.4 Å². The van der Waals surface area contributed by atoms with Gasteiger partial charge in [-0.25, -0.2) is 0 Å². The van der Waals surface area contributed by atoms with E-state index >= 15 is 0 Å². The summed E-state index contributed by atoms with van der Waals surface area (Å²) in [5.41, 5.74) is 0. The number of likely N-dealkylation sites (tertiary alicyclic amines) is 1. The van der Waals surface area contributed by atoms with Crippen LogP contribution in [0.5, 0.6) is 0 Å².